The number of piperidine rings is 1. The number of ether oxygens (including phenoxy) is 2. The van der Waals surface area contributed by atoms with Crippen LogP contribution in [0.25, 0.3) is 16.6 Å². The largest absolute Gasteiger partial charge is 0.494 e. The number of methoxy groups -OCH3 is 1. The zero-order chi connectivity index (χ0) is 21.8. The topological polar surface area (TPSA) is 69.5 Å². The highest BCUT2D eigenvalue weighted by atomic mass is 35.5. The second kappa shape index (κ2) is 9.66. The van der Waals surface area contributed by atoms with Gasteiger partial charge >= 0.3 is 0 Å². The molecule has 0 radical (unpaired) electrons. The lowest BCUT2D eigenvalue weighted by Crippen LogP contribution is -2.31. The van der Waals surface area contributed by atoms with Gasteiger partial charge in [-0.3, -0.25) is 9.36 Å². The highest BCUT2D eigenvalue weighted by Crippen LogP contribution is 2.28. The normalized spacial score (nSPS) is 14.7. The minimum Gasteiger partial charge on any atom is -0.494 e. The van der Waals surface area contributed by atoms with E-state index in [1.165, 1.54) is 49.2 Å². The van der Waals surface area contributed by atoms with E-state index in [-0.39, 0.29) is 10.7 Å². The number of halogens is 1. The van der Waals surface area contributed by atoms with Crippen molar-refractivity contribution >= 4 is 22.5 Å². The second-order valence-corrected chi connectivity index (χ2v) is 8.15. The van der Waals surface area contributed by atoms with Crippen LogP contribution in [-0.2, 0) is 0 Å². The summed E-state index contributed by atoms with van der Waals surface area (Å²) in [5.74, 6) is 1.79. The number of fused-ring (bicyclic) bond motifs is 1. The number of likely N-dealkylation sites (tertiary alicyclic amines) is 1. The van der Waals surface area contributed by atoms with Crippen molar-refractivity contribution in [3.8, 4) is 17.2 Å². The number of nitrogens with zero attached hydrogens (tertiary/aromatic N) is 4. The van der Waals surface area contributed by atoms with Gasteiger partial charge in [0.15, 0.2) is 0 Å². The van der Waals surface area contributed by atoms with E-state index in [0.29, 0.717) is 40.5 Å². The third-order valence-electron chi connectivity index (χ3n) is 5.62. The summed E-state index contributed by atoms with van der Waals surface area (Å²) in [5.41, 5.74) is 0.893. The zero-order valence-corrected chi connectivity index (χ0v) is 18.7. The van der Waals surface area contributed by atoms with Crippen molar-refractivity contribution in [2.45, 2.75) is 32.6 Å². The van der Waals surface area contributed by atoms with Crippen molar-refractivity contribution in [1.82, 2.24) is 19.4 Å². The molecule has 3 aromatic rings. The number of hydrogen-bond donors (Lipinski definition) is 0. The van der Waals surface area contributed by atoms with Crippen LogP contribution in [0.2, 0.25) is 5.15 Å². The average molecular weight is 443 g/mol. The lowest BCUT2D eigenvalue weighted by atomic mass is 10.1. The molecular formula is C23H27ClN4O3. The molecule has 2 aromatic heterocycles. The number of aryl methyl sites for hydroxylation is 1. The van der Waals surface area contributed by atoms with Crippen LogP contribution < -0.4 is 15.0 Å². The summed E-state index contributed by atoms with van der Waals surface area (Å²) in [7, 11) is 1.58. The smallest absolute Gasteiger partial charge is 0.266 e. The van der Waals surface area contributed by atoms with Crippen LogP contribution in [0.3, 0.4) is 0 Å². The molecule has 31 heavy (non-hydrogen) atoms. The van der Waals surface area contributed by atoms with E-state index in [2.05, 4.69) is 14.9 Å². The van der Waals surface area contributed by atoms with Crippen LogP contribution >= 0.6 is 11.6 Å². The van der Waals surface area contributed by atoms with Crippen molar-refractivity contribution in [3.63, 3.8) is 0 Å². The van der Waals surface area contributed by atoms with Crippen LogP contribution in [-0.4, -0.2) is 52.8 Å². The van der Waals surface area contributed by atoms with E-state index in [1.807, 2.05) is 18.2 Å². The van der Waals surface area contributed by atoms with Gasteiger partial charge in [-0.25, -0.2) is 9.97 Å². The van der Waals surface area contributed by atoms with Crippen LogP contribution in [0, 0.1) is 6.92 Å². The summed E-state index contributed by atoms with van der Waals surface area (Å²) in [6, 6.07) is 7.03. The lowest BCUT2D eigenvalue weighted by molar-refractivity contribution is 0.205. The molecule has 1 aliphatic rings. The Morgan fingerprint density at radius 1 is 1.16 bits per heavy atom. The van der Waals surface area contributed by atoms with E-state index < -0.39 is 0 Å². The molecule has 0 N–H and O–H groups in total. The van der Waals surface area contributed by atoms with E-state index in [1.54, 1.807) is 14.0 Å². The number of pyridine rings is 1. The van der Waals surface area contributed by atoms with Crippen molar-refractivity contribution in [3.05, 3.63) is 51.8 Å². The molecule has 0 saturated carbocycles. The molecule has 7 nitrogen and oxygen atoms in total. The summed E-state index contributed by atoms with van der Waals surface area (Å²) in [6.45, 7) is 5.86. The van der Waals surface area contributed by atoms with Gasteiger partial charge in [-0.1, -0.05) is 18.0 Å². The van der Waals surface area contributed by atoms with Crippen LogP contribution in [0.1, 0.15) is 31.5 Å². The van der Waals surface area contributed by atoms with Gasteiger partial charge < -0.3 is 14.4 Å². The molecule has 0 spiro atoms. The fourth-order valence-corrected chi connectivity index (χ4v) is 4.21. The quantitative estimate of drug-likeness (QED) is 0.407. The molecule has 1 fully saturated rings. The maximum absolute atomic E-state index is 13.2. The number of aromatic nitrogens is 3. The SMILES string of the molecule is COc1cc(OCCCN2CCCCC2)ccc1-n1c(C)nc2cnc(Cl)cc2c1=O. The highest BCUT2D eigenvalue weighted by molar-refractivity contribution is 6.30. The predicted octanol–water partition coefficient (Wildman–Crippen LogP) is 4.01. The summed E-state index contributed by atoms with van der Waals surface area (Å²) >= 11 is 5.99. The van der Waals surface area contributed by atoms with E-state index in [4.69, 9.17) is 21.1 Å². The molecule has 4 rings (SSSR count). The van der Waals surface area contributed by atoms with E-state index >= 15 is 0 Å². The monoisotopic (exact) mass is 442 g/mol. The number of benzene rings is 1. The Balaban J connectivity index is 1.54. The summed E-state index contributed by atoms with van der Waals surface area (Å²) < 4.78 is 13.0. The Morgan fingerprint density at radius 2 is 1.97 bits per heavy atom. The first-order valence-electron chi connectivity index (χ1n) is 10.7. The molecule has 1 aliphatic heterocycles. The van der Waals surface area contributed by atoms with E-state index in [9.17, 15) is 4.79 Å². The van der Waals surface area contributed by atoms with Crippen molar-refractivity contribution in [2.75, 3.05) is 33.4 Å². The third kappa shape index (κ3) is 4.83. The Labute approximate surface area is 186 Å². The Morgan fingerprint density at radius 3 is 2.74 bits per heavy atom. The molecule has 8 heteroatoms. The van der Waals surface area contributed by atoms with Gasteiger partial charge in [-0.15, -0.1) is 0 Å². The van der Waals surface area contributed by atoms with E-state index in [0.717, 1.165) is 13.0 Å². The fraction of sp³-hybridized carbons (Fsp3) is 0.435. The molecule has 0 amide bonds. The summed E-state index contributed by atoms with van der Waals surface area (Å²) in [6.07, 6.45) is 6.42. The minimum absolute atomic E-state index is 0.222. The molecule has 0 unspecified atom stereocenters. The Bertz CT molecular complexity index is 1130. The third-order valence-corrected chi connectivity index (χ3v) is 5.82. The molecule has 1 aromatic carbocycles. The zero-order valence-electron chi connectivity index (χ0n) is 17.9. The standard InChI is InChI=1S/C23H27ClN4O3/c1-16-26-19-15-25-22(24)14-18(19)23(29)28(16)20-8-7-17(13-21(20)30-2)31-12-6-11-27-9-4-3-5-10-27/h7-8,13-15H,3-6,9-12H2,1-2H3. The first-order valence-corrected chi connectivity index (χ1v) is 11.0. The van der Waals surface area contributed by atoms with Crippen LogP contribution in [0.15, 0.2) is 35.3 Å². The first kappa shape index (κ1) is 21.6. The van der Waals surface area contributed by atoms with Gasteiger partial charge in [0.2, 0.25) is 0 Å². The predicted molar refractivity (Wildman–Crippen MR) is 122 cm³/mol. The van der Waals surface area contributed by atoms with Crippen LogP contribution in [0.5, 0.6) is 11.5 Å². The molecule has 3 heterocycles. The second-order valence-electron chi connectivity index (χ2n) is 7.76. The molecule has 0 bridgehead atoms. The summed E-state index contributed by atoms with van der Waals surface area (Å²) in [5, 5.41) is 0.660. The lowest BCUT2D eigenvalue weighted by Gasteiger charge is -2.26. The van der Waals surface area contributed by atoms with Gasteiger partial charge in [0.05, 0.1) is 36.5 Å². The Kier molecular flexibility index (Phi) is 6.73. The van der Waals surface area contributed by atoms with Gasteiger partial charge in [-0.2, -0.15) is 0 Å². The van der Waals surface area contributed by atoms with Gasteiger partial charge in [0.1, 0.15) is 22.5 Å². The molecule has 0 aliphatic carbocycles. The number of hydrogen-bond acceptors (Lipinski definition) is 6. The maximum Gasteiger partial charge on any atom is 0.266 e. The molecule has 1 saturated heterocycles. The fourth-order valence-electron chi connectivity index (χ4n) is 4.05. The van der Waals surface area contributed by atoms with Crippen LogP contribution in [0.4, 0.5) is 0 Å². The molecular weight excluding hydrogens is 416 g/mol. The van der Waals surface area contributed by atoms with Gasteiger partial charge in [0, 0.05) is 12.6 Å². The Hall–Kier alpha value is -2.64. The highest BCUT2D eigenvalue weighted by Gasteiger charge is 2.15. The first-order chi connectivity index (χ1) is 15.1. The minimum atomic E-state index is -0.222. The maximum atomic E-state index is 13.2. The summed E-state index contributed by atoms with van der Waals surface area (Å²) in [4.78, 5) is 24.2. The molecule has 0 atom stereocenters. The van der Waals surface area contributed by atoms with Crippen molar-refractivity contribution in [2.24, 2.45) is 0 Å². The van der Waals surface area contributed by atoms with Gasteiger partial charge in [-0.05, 0) is 57.5 Å². The van der Waals surface area contributed by atoms with Crippen molar-refractivity contribution in [1.29, 1.82) is 0 Å². The average Bonchev–Trinajstić information content (AvgIpc) is 2.78. The van der Waals surface area contributed by atoms with Gasteiger partial charge in [0.25, 0.3) is 5.56 Å². The van der Waals surface area contributed by atoms with Crippen molar-refractivity contribution < 1.29 is 9.47 Å². The number of rotatable bonds is 7. The molecule has 164 valence electrons.